The van der Waals surface area contributed by atoms with E-state index in [4.69, 9.17) is 10.5 Å². The lowest BCUT2D eigenvalue weighted by Gasteiger charge is -2.24. The predicted molar refractivity (Wildman–Crippen MR) is 94.4 cm³/mol. The Morgan fingerprint density at radius 3 is 2.62 bits per heavy atom. The molecule has 2 N–H and O–H groups in total. The second-order valence-electron chi connectivity index (χ2n) is 5.60. The standard InChI is InChI=1S/C18H19FN2O2.ClH/c19-14-11-21(16-8-4-5-9-17(16)23-12-14)18(22)10-15(20)13-6-2-1-3-7-13;/h1-9,14-15H,10-12,20H2;1H/t14?,15-;/m0./s1. The monoisotopic (exact) mass is 350 g/mol. The first-order valence-electron chi connectivity index (χ1n) is 7.62. The fourth-order valence-corrected chi connectivity index (χ4v) is 2.68. The summed E-state index contributed by atoms with van der Waals surface area (Å²) in [4.78, 5) is 14.1. The van der Waals surface area contributed by atoms with E-state index in [-0.39, 0.29) is 37.9 Å². The minimum atomic E-state index is -1.22. The number of carbonyl (C=O) groups is 1. The Morgan fingerprint density at radius 2 is 1.88 bits per heavy atom. The molecule has 1 aliphatic heterocycles. The molecule has 1 heterocycles. The minimum Gasteiger partial charge on any atom is -0.488 e. The lowest BCUT2D eigenvalue weighted by molar-refractivity contribution is -0.119. The van der Waals surface area contributed by atoms with Crippen molar-refractivity contribution in [2.75, 3.05) is 18.1 Å². The van der Waals surface area contributed by atoms with Crippen LogP contribution in [0.5, 0.6) is 5.75 Å². The lowest BCUT2D eigenvalue weighted by Crippen LogP contribution is -2.37. The second kappa shape index (κ2) is 8.13. The summed E-state index contributed by atoms with van der Waals surface area (Å²) in [7, 11) is 0. The Hall–Kier alpha value is -2.11. The number of ether oxygens (including phenoxy) is 1. The van der Waals surface area contributed by atoms with Crippen LogP contribution in [0.4, 0.5) is 10.1 Å². The quantitative estimate of drug-likeness (QED) is 0.924. The van der Waals surface area contributed by atoms with Crippen LogP contribution < -0.4 is 15.4 Å². The molecule has 4 nitrogen and oxygen atoms in total. The van der Waals surface area contributed by atoms with Gasteiger partial charge in [0, 0.05) is 12.5 Å². The molecule has 0 aromatic heterocycles. The van der Waals surface area contributed by atoms with Crippen molar-refractivity contribution >= 4 is 24.0 Å². The second-order valence-corrected chi connectivity index (χ2v) is 5.60. The van der Waals surface area contributed by atoms with Gasteiger partial charge in [0.15, 0.2) is 6.17 Å². The van der Waals surface area contributed by atoms with Crippen LogP contribution in [0.15, 0.2) is 54.6 Å². The largest absolute Gasteiger partial charge is 0.488 e. The third kappa shape index (κ3) is 4.04. The molecular formula is C18H20ClFN2O2. The zero-order chi connectivity index (χ0) is 16.2. The molecule has 128 valence electrons. The van der Waals surface area contributed by atoms with Crippen LogP contribution in [0.2, 0.25) is 0 Å². The van der Waals surface area contributed by atoms with Gasteiger partial charge in [0.05, 0.1) is 12.2 Å². The molecule has 0 aliphatic carbocycles. The summed E-state index contributed by atoms with van der Waals surface area (Å²) in [5.41, 5.74) is 7.61. The highest BCUT2D eigenvalue weighted by Crippen LogP contribution is 2.32. The van der Waals surface area contributed by atoms with Crippen LogP contribution in [0, 0.1) is 0 Å². The summed E-state index contributed by atoms with van der Waals surface area (Å²) in [5, 5.41) is 0. The van der Waals surface area contributed by atoms with Gasteiger partial charge in [-0.05, 0) is 17.7 Å². The molecule has 1 aliphatic rings. The maximum absolute atomic E-state index is 13.9. The van der Waals surface area contributed by atoms with Crippen molar-refractivity contribution in [1.29, 1.82) is 0 Å². The van der Waals surface area contributed by atoms with Gasteiger partial charge in [0.25, 0.3) is 0 Å². The number of hydrogen-bond acceptors (Lipinski definition) is 3. The number of nitrogens with two attached hydrogens (primary N) is 1. The number of hydrogen-bond donors (Lipinski definition) is 1. The molecular weight excluding hydrogens is 331 g/mol. The van der Waals surface area contributed by atoms with Gasteiger partial charge in [-0.15, -0.1) is 12.4 Å². The van der Waals surface area contributed by atoms with E-state index in [9.17, 15) is 9.18 Å². The number of nitrogens with zero attached hydrogens (tertiary/aromatic N) is 1. The van der Waals surface area contributed by atoms with E-state index < -0.39 is 12.2 Å². The zero-order valence-electron chi connectivity index (χ0n) is 13.1. The van der Waals surface area contributed by atoms with Crippen LogP contribution >= 0.6 is 12.4 Å². The molecule has 3 rings (SSSR count). The van der Waals surface area contributed by atoms with Crippen molar-refractivity contribution in [3.8, 4) is 5.75 Å². The van der Waals surface area contributed by atoms with E-state index in [1.54, 1.807) is 24.3 Å². The number of rotatable bonds is 3. The molecule has 6 heteroatoms. The van der Waals surface area contributed by atoms with E-state index in [1.165, 1.54) is 4.90 Å². The third-order valence-electron chi connectivity index (χ3n) is 3.88. The molecule has 1 unspecified atom stereocenters. The Bertz CT molecular complexity index is 684. The van der Waals surface area contributed by atoms with Crippen molar-refractivity contribution in [1.82, 2.24) is 0 Å². The average molecular weight is 351 g/mol. The summed E-state index contributed by atoms with van der Waals surface area (Å²) >= 11 is 0. The first-order chi connectivity index (χ1) is 11.1. The predicted octanol–water partition coefficient (Wildman–Crippen LogP) is 3.26. The van der Waals surface area contributed by atoms with Gasteiger partial charge in [-0.1, -0.05) is 42.5 Å². The summed E-state index contributed by atoms with van der Waals surface area (Å²) in [6.45, 7) is -0.0666. The van der Waals surface area contributed by atoms with Gasteiger partial charge < -0.3 is 15.4 Å². The first-order valence-corrected chi connectivity index (χ1v) is 7.62. The van der Waals surface area contributed by atoms with Crippen molar-refractivity contribution in [3.05, 3.63) is 60.2 Å². The van der Waals surface area contributed by atoms with Gasteiger partial charge in [-0.2, -0.15) is 0 Å². The number of fused-ring (bicyclic) bond motifs is 1. The molecule has 0 spiro atoms. The fraction of sp³-hybridized carbons (Fsp3) is 0.278. The molecule has 2 atom stereocenters. The van der Waals surface area contributed by atoms with Crippen LogP contribution in [0.1, 0.15) is 18.0 Å². The van der Waals surface area contributed by atoms with E-state index in [1.807, 2.05) is 30.3 Å². The fourth-order valence-electron chi connectivity index (χ4n) is 2.68. The smallest absolute Gasteiger partial charge is 0.229 e. The first kappa shape index (κ1) is 18.2. The van der Waals surface area contributed by atoms with Gasteiger partial charge in [-0.25, -0.2) is 4.39 Å². The maximum Gasteiger partial charge on any atom is 0.229 e. The highest BCUT2D eigenvalue weighted by atomic mass is 35.5. The number of halogens is 2. The Balaban J connectivity index is 0.00000208. The SMILES string of the molecule is Cl.N[C@@H](CC(=O)N1CC(F)COc2ccccc21)c1ccccc1. The van der Waals surface area contributed by atoms with E-state index in [0.29, 0.717) is 11.4 Å². The van der Waals surface area contributed by atoms with Crippen LogP contribution in [-0.2, 0) is 4.79 Å². The average Bonchev–Trinajstić information content (AvgIpc) is 2.75. The molecule has 0 saturated carbocycles. The topological polar surface area (TPSA) is 55.6 Å². The molecule has 0 radical (unpaired) electrons. The van der Waals surface area contributed by atoms with E-state index in [2.05, 4.69) is 0 Å². The molecule has 0 saturated heterocycles. The van der Waals surface area contributed by atoms with Crippen molar-refractivity contribution in [3.63, 3.8) is 0 Å². The summed E-state index contributed by atoms with van der Waals surface area (Å²) in [6, 6.07) is 16.1. The Kier molecular flexibility index (Phi) is 6.17. The number of alkyl halides is 1. The molecule has 2 aromatic rings. The summed E-state index contributed by atoms with van der Waals surface area (Å²) in [5.74, 6) is 0.316. The number of anilines is 1. The molecule has 0 fully saturated rings. The Labute approximate surface area is 146 Å². The number of para-hydroxylation sites is 2. The van der Waals surface area contributed by atoms with Crippen LogP contribution in [0.25, 0.3) is 0 Å². The van der Waals surface area contributed by atoms with Gasteiger partial charge in [0.1, 0.15) is 12.4 Å². The van der Waals surface area contributed by atoms with Gasteiger partial charge in [-0.3, -0.25) is 4.79 Å². The summed E-state index contributed by atoms with van der Waals surface area (Å²) in [6.07, 6.45) is -1.11. The highest BCUT2D eigenvalue weighted by Gasteiger charge is 2.28. The van der Waals surface area contributed by atoms with E-state index >= 15 is 0 Å². The third-order valence-corrected chi connectivity index (χ3v) is 3.88. The molecule has 0 bridgehead atoms. The zero-order valence-corrected chi connectivity index (χ0v) is 13.9. The number of benzene rings is 2. The minimum absolute atomic E-state index is 0. The van der Waals surface area contributed by atoms with Crippen LogP contribution in [0.3, 0.4) is 0 Å². The summed E-state index contributed by atoms with van der Waals surface area (Å²) < 4.78 is 19.4. The van der Waals surface area contributed by atoms with E-state index in [0.717, 1.165) is 5.56 Å². The number of amides is 1. The molecule has 1 amide bonds. The Morgan fingerprint density at radius 1 is 1.21 bits per heavy atom. The maximum atomic E-state index is 13.9. The molecule has 2 aromatic carbocycles. The van der Waals surface area contributed by atoms with Crippen molar-refractivity contribution in [2.45, 2.75) is 18.6 Å². The van der Waals surface area contributed by atoms with Crippen LogP contribution in [-0.4, -0.2) is 25.2 Å². The highest BCUT2D eigenvalue weighted by molar-refractivity contribution is 5.95. The van der Waals surface area contributed by atoms with Crippen molar-refractivity contribution < 1.29 is 13.9 Å². The van der Waals surface area contributed by atoms with Gasteiger partial charge in [0.2, 0.25) is 5.91 Å². The normalized spacial score (nSPS) is 17.8. The van der Waals surface area contributed by atoms with Crippen molar-refractivity contribution in [2.24, 2.45) is 5.73 Å². The number of carbonyl (C=O) groups excluding carboxylic acids is 1. The lowest BCUT2D eigenvalue weighted by atomic mass is 10.0. The molecule has 24 heavy (non-hydrogen) atoms. The van der Waals surface area contributed by atoms with Gasteiger partial charge >= 0.3 is 0 Å².